The molecule has 1 saturated heterocycles. The number of rotatable bonds is 1. The Hall–Kier alpha value is -2.21. The molecule has 19 heavy (non-hydrogen) atoms. The number of hydrogen-bond acceptors (Lipinski definition) is 6. The maximum absolute atomic E-state index is 11.6. The fourth-order valence-electron chi connectivity index (χ4n) is 2.21. The van der Waals surface area contributed by atoms with E-state index in [9.17, 15) is 14.7 Å². The van der Waals surface area contributed by atoms with E-state index in [1.165, 1.54) is 0 Å². The number of ketones is 2. The minimum atomic E-state index is -0.739. The second-order valence-electron chi connectivity index (χ2n) is 4.41. The summed E-state index contributed by atoms with van der Waals surface area (Å²) in [6, 6.07) is 1.68. The molecule has 0 atom stereocenters. The van der Waals surface area contributed by atoms with Crippen molar-refractivity contribution in [3.8, 4) is 0 Å². The highest BCUT2D eigenvalue weighted by molar-refractivity contribution is 6.49. The van der Waals surface area contributed by atoms with Gasteiger partial charge in [0.25, 0.3) is 5.78 Å². The first-order valence-corrected chi connectivity index (χ1v) is 5.99. The molecule has 1 fully saturated rings. The Morgan fingerprint density at radius 2 is 2.00 bits per heavy atom. The Morgan fingerprint density at radius 3 is 2.74 bits per heavy atom. The number of anilines is 1. The fraction of sp³-hybridized carbons (Fsp3) is 0.308. The summed E-state index contributed by atoms with van der Waals surface area (Å²) < 4.78 is 5.26. The first kappa shape index (κ1) is 11.9. The van der Waals surface area contributed by atoms with Gasteiger partial charge in [-0.05, 0) is 6.07 Å². The van der Waals surface area contributed by atoms with Crippen LogP contribution in [-0.2, 0) is 9.53 Å². The Morgan fingerprint density at radius 1 is 1.26 bits per heavy atom. The summed E-state index contributed by atoms with van der Waals surface area (Å²) in [7, 11) is 0. The zero-order chi connectivity index (χ0) is 13.4. The normalized spacial score (nSPS) is 19.2. The van der Waals surface area contributed by atoms with Crippen LogP contribution >= 0.6 is 0 Å². The number of carbonyl (C=O) groups is 2. The highest BCUT2D eigenvalue weighted by Gasteiger charge is 2.28. The number of Topliss-reactive ketones (excluding diaryl/α,β-unsaturated/α-hetero) is 1. The van der Waals surface area contributed by atoms with Crippen molar-refractivity contribution < 1.29 is 19.4 Å². The van der Waals surface area contributed by atoms with Gasteiger partial charge < -0.3 is 14.7 Å². The van der Waals surface area contributed by atoms with E-state index < -0.39 is 11.6 Å². The molecule has 1 aliphatic heterocycles. The van der Waals surface area contributed by atoms with Crippen LogP contribution in [-0.4, -0.2) is 48.0 Å². The zero-order valence-corrected chi connectivity index (χ0v) is 10.1. The number of aliphatic hydroxyl groups excluding tert-OH is 1. The van der Waals surface area contributed by atoms with Gasteiger partial charge in [-0.2, -0.15) is 0 Å². The summed E-state index contributed by atoms with van der Waals surface area (Å²) >= 11 is 0. The Bertz CT molecular complexity index is 588. The summed E-state index contributed by atoms with van der Waals surface area (Å²) in [5, 5.41) is 9.78. The van der Waals surface area contributed by atoms with Gasteiger partial charge in [0.2, 0.25) is 5.78 Å². The molecule has 0 aromatic carbocycles. The predicted octanol–water partition coefficient (Wildman–Crippen LogP) is 0.583. The summed E-state index contributed by atoms with van der Waals surface area (Å²) in [5.74, 6) is -1.62. The Balaban J connectivity index is 2.01. The number of aromatic nitrogens is 1. The second kappa shape index (κ2) is 4.47. The lowest BCUT2D eigenvalue weighted by Gasteiger charge is -2.29. The van der Waals surface area contributed by atoms with E-state index in [0.29, 0.717) is 18.8 Å². The van der Waals surface area contributed by atoms with Crippen LogP contribution in [0.3, 0.4) is 0 Å². The van der Waals surface area contributed by atoms with Crippen molar-refractivity contribution >= 4 is 23.0 Å². The summed E-state index contributed by atoms with van der Waals surface area (Å²) in [5.41, 5.74) is 1.14. The summed E-state index contributed by atoms with van der Waals surface area (Å²) in [6.07, 6.45) is 2.49. The van der Waals surface area contributed by atoms with Gasteiger partial charge in [0, 0.05) is 24.7 Å². The number of allylic oxidation sites excluding steroid dienone is 1. The molecule has 0 radical (unpaired) electrons. The molecule has 3 rings (SSSR count). The quantitative estimate of drug-likeness (QED) is 0.744. The number of morpholine rings is 1. The average molecular weight is 260 g/mol. The SMILES string of the molecule is O=C1C=C(O)c2cc(N3CCOCC3)cnc2C1=O. The van der Waals surface area contributed by atoms with Crippen LogP contribution in [0.5, 0.6) is 0 Å². The Kier molecular flexibility index (Phi) is 2.79. The van der Waals surface area contributed by atoms with Gasteiger partial charge in [-0.15, -0.1) is 0 Å². The minimum absolute atomic E-state index is 0.0157. The molecule has 6 nitrogen and oxygen atoms in total. The van der Waals surface area contributed by atoms with E-state index >= 15 is 0 Å². The third kappa shape index (κ3) is 2.00. The van der Waals surface area contributed by atoms with Crippen molar-refractivity contribution in [3.63, 3.8) is 0 Å². The first-order chi connectivity index (χ1) is 9.16. The molecule has 2 heterocycles. The molecule has 0 spiro atoms. The molecular formula is C13H12N2O4. The van der Waals surface area contributed by atoms with Crippen LogP contribution in [0.4, 0.5) is 5.69 Å². The molecule has 1 aromatic heterocycles. The van der Waals surface area contributed by atoms with Crippen molar-refractivity contribution in [1.82, 2.24) is 4.98 Å². The maximum atomic E-state index is 11.6. The lowest BCUT2D eigenvalue weighted by Crippen LogP contribution is -2.36. The average Bonchev–Trinajstić information content (AvgIpc) is 2.45. The van der Waals surface area contributed by atoms with E-state index in [1.54, 1.807) is 12.3 Å². The molecule has 0 bridgehead atoms. The number of fused-ring (bicyclic) bond motifs is 1. The van der Waals surface area contributed by atoms with Gasteiger partial charge >= 0.3 is 0 Å². The van der Waals surface area contributed by atoms with Gasteiger partial charge in [-0.1, -0.05) is 0 Å². The number of hydrogen-bond donors (Lipinski definition) is 1. The van der Waals surface area contributed by atoms with Crippen molar-refractivity contribution in [2.45, 2.75) is 0 Å². The predicted molar refractivity (Wildman–Crippen MR) is 67.2 cm³/mol. The lowest BCUT2D eigenvalue weighted by molar-refractivity contribution is -0.111. The van der Waals surface area contributed by atoms with Crippen LogP contribution in [0.1, 0.15) is 16.1 Å². The lowest BCUT2D eigenvalue weighted by atomic mass is 9.98. The topological polar surface area (TPSA) is 79.7 Å². The highest BCUT2D eigenvalue weighted by atomic mass is 16.5. The van der Waals surface area contributed by atoms with Gasteiger partial charge in [0.1, 0.15) is 11.5 Å². The number of carbonyl (C=O) groups excluding carboxylic acids is 2. The summed E-state index contributed by atoms with van der Waals surface area (Å²) in [6.45, 7) is 2.74. The smallest absolute Gasteiger partial charge is 0.252 e. The maximum Gasteiger partial charge on any atom is 0.252 e. The molecule has 1 N–H and O–H groups in total. The second-order valence-corrected chi connectivity index (χ2v) is 4.41. The number of ether oxygens (including phenoxy) is 1. The largest absolute Gasteiger partial charge is 0.507 e. The number of pyridine rings is 1. The van der Waals surface area contributed by atoms with E-state index in [4.69, 9.17) is 4.74 Å². The van der Waals surface area contributed by atoms with E-state index in [1.807, 2.05) is 0 Å². The van der Waals surface area contributed by atoms with Crippen molar-refractivity contribution in [1.29, 1.82) is 0 Å². The van der Waals surface area contributed by atoms with Crippen molar-refractivity contribution in [2.24, 2.45) is 0 Å². The minimum Gasteiger partial charge on any atom is -0.507 e. The molecule has 0 amide bonds. The van der Waals surface area contributed by atoms with Crippen molar-refractivity contribution in [2.75, 3.05) is 31.2 Å². The van der Waals surface area contributed by atoms with Crippen LogP contribution < -0.4 is 4.90 Å². The molecule has 98 valence electrons. The fourth-order valence-corrected chi connectivity index (χ4v) is 2.21. The van der Waals surface area contributed by atoms with E-state index in [2.05, 4.69) is 9.88 Å². The highest BCUT2D eigenvalue weighted by Crippen LogP contribution is 2.26. The first-order valence-electron chi connectivity index (χ1n) is 5.99. The van der Waals surface area contributed by atoms with Crippen molar-refractivity contribution in [3.05, 3.63) is 29.6 Å². The molecule has 0 saturated carbocycles. The Labute approximate surface area is 109 Å². The zero-order valence-electron chi connectivity index (χ0n) is 10.1. The van der Waals surface area contributed by atoms with Gasteiger partial charge in [0.05, 0.1) is 25.1 Å². The number of aliphatic hydroxyl groups is 1. The van der Waals surface area contributed by atoms with Gasteiger partial charge in [-0.25, -0.2) is 4.98 Å². The standard InChI is InChI=1S/C13H12N2O4/c16-10-6-11(17)13(18)12-9(10)5-8(7-14-12)15-1-3-19-4-2-15/h5-7,16H,1-4H2. The van der Waals surface area contributed by atoms with Gasteiger partial charge in [-0.3, -0.25) is 9.59 Å². The van der Waals surface area contributed by atoms with Gasteiger partial charge in [0.15, 0.2) is 0 Å². The van der Waals surface area contributed by atoms with Crippen LogP contribution in [0.25, 0.3) is 5.76 Å². The molecule has 1 aliphatic carbocycles. The monoisotopic (exact) mass is 260 g/mol. The molecule has 1 aromatic rings. The summed E-state index contributed by atoms with van der Waals surface area (Å²) in [4.78, 5) is 29.0. The van der Waals surface area contributed by atoms with Crippen LogP contribution in [0.15, 0.2) is 18.3 Å². The van der Waals surface area contributed by atoms with Crippen LogP contribution in [0.2, 0.25) is 0 Å². The van der Waals surface area contributed by atoms with Crippen LogP contribution in [0, 0.1) is 0 Å². The number of nitrogens with zero attached hydrogens (tertiary/aromatic N) is 2. The molecule has 2 aliphatic rings. The molecule has 0 unspecified atom stereocenters. The van der Waals surface area contributed by atoms with E-state index in [0.717, 1.165) is 24.9 Å². The van der Waals surface area contributed by atoms with E-state index in [-0.39, 0.29) is 11.5 Å². The molecular weight excluding hydrogens is 248 g/mol. The molecule has 6 heteroatoms. The third-order valence-corrected chi connectivity index (χ3v) is 3.23. The third-order valence-electron chi connectivity index (χ3n) is 3.23.